The summed E-state index contributed by atoms with van der Waals surface area (Å²) in [6, 6.07) is 14.1. The first-order valence-corrected chi connectivity index (χ1v) is 10.9. The minimum absolute atomic E-state index is 0.0438. The highest BCUT2D eigenvalue weighted by Gasteiger charge is 2.51. The molecule has 8 nitrogen and oxygen atoms in total. The number of carbonyl (C=O) groups excluding carboxylic acids is 3. The zero-order valence-electron chi connectivity index (χ0n) is 16.0. The van der Waals surface area contributed by atoms with Crippen LogP contribution in [0.2, 0.25) is 0 Å². The van der Waals surface area contributed by atoms with E-state index in [0.717, 1.165) is 11.2 Å². The Morgan fingerprint density at radius 3 is 2.31 bits per heavy atom. The molecule has 2 aromatic carbocycles. The molecule has 1 saturated heterocycles. The summed E-state index contributed by atoms with van der Waals surface area (Å²) in [4.78, 5) is 38.8. The van der Waals surface area contributed by atoms with Crippen LogP contribution in [0.4, 0.5) is 10.5 Å². The first-order valence-electron chi connectivity index (χ1n) is 8.97. The summed E-state index contributed by atoms with van der Waals surface area (Å²) in [7, 11) is -3.56. The van der Waals surface area contributed by atoms with Gasteiger partial charge in [-0.2, -0.15) is 0 Å². The molecular formula is C20H21N3O5S. The Morgan fingerprint density at radius 2 is 1.69 bits per heavy atom. The van der Waals surface area contributed by atoms with Gasteiger partial charge in [0.05, 0.1) is 10.6 Å². The number of nitrogens with zero attached hydrogens (tertiary/aromatic N) is 1. The Morgan fingerprint density at radius 1 is 1.07 bits per heavy atom. The second-order valence-corrected chi connectivity index (χ2v) is 8.75. The van der Waals surface area contributed by atoms with Crippen molar-refractivity contribution in [3.05, 3.63) is 60.2 Å². The highest BCUT2D eigenvalue weighted by molar-refractivity contribution is 7.90. The van der Waals surface area contributed by atoms with Crippen molar-refractivity contribution in [1.29, 1.82) is 0 Å². The molecule has 3 rings (SSSR count). The third kappa shape index (κ3) is 3.86. The van der Waals surface area contributed by atoms with E-state index in [4.69, 9.17) is 0 Å². The highest BCUT2D eigenvalue weighted by atomic mass is 32.2. The van der Waals surface area contributed by atoms with Gasteiger partial charge in [0.2, 0.25) is 5.91 Å². The molecule has 0 spiro atoms. The van der Waals surface area contributed by atoms with Crippen LogP contribution in [0.3, 0.4) is 0 Å². The van der Waals surface area contributed by atoms with Crippen LogP contribution in [0.25, 0.3) is 0 Å². The maximum atomic E-state index is 13.1. The topological polar surface area (TPSA) is 113 Å². The SMILES string of the molecule is CC[C@]1(c2ccccc2)NC(=O)N(CC(=O)Nc2ccccc2S(C)(=O)=O)C1=O. The van der Waals surface area contributed by atoms with Crippen LogP contribution < -0.4 is 10.6 Å². The molecule has 0 unspecified atom stereocenters. The number of para-hydroxylation sites is 1. The molecule has 0 aliphatic carbocycles. The maximum Gasteiger partial charge on any atom is 0.325 e. The number of nitrogens with one attached hydrogen (secondary N) is 2. The monoisotopic (exact) mass is 415 g/mol. The molecular weight excluding hydrogens is 394 g/mol. The molecule has 29 heavy (non-hydrogen) atoms. The lowest BCUT2D eigenvalue weighted by molar-refractivity contribution is -0.134. The van der Waals surface area contributed by atoms with Gasteiger partial charge in [-0.15, -0.1) is 0 Å². The fraction of sp³-hybridized carbons (Fsp3) is 0.250. The van der Waals surface area contributed by atoms with Crippen LogP contribution in [-0.2, 0) is 25.0 Å². The number of urea groups is 1. The first-order chi connectivity index (χ1) is 13.7. The molecule has 0 radical (unpaired) electrons. The van der Waals surface area contributed by atoms with Crippen LogP contribution in [0, 0.1) is 0 Å². The van der Waals surface area contributed by atoms with Gasteiger partial charge in [0.25, 0.3) is 5.91 Å². The highest BCUT2D eigenvalue weighted by Crippen LogP contribution is 2.32. The lowest BCUT2D eigenvalue weighted by Crippen LogP contribution is -2.44. The number of rotatable bonds is 6. The number of hydrogen-bond acceptors (Lipinski definition) is 5. The normalized spacial score (nSPS) is 19.2. The van der Waals surface area contributed by atoms with Crippen molar-refractivity contribution >= 4 is 33.4 Å². The van der Waals surface area contributed by atoms with E-state index < -0.39 is 39.8 Å². The molecule has 2 N–H and O–H groups in total. The second kappa shape index (κ2) is 7.67. The minimum atomic E-state index is -3.56. The molecule has 0 aromatic heterocycles. The van der Waals surface area contributed by atoms with Crippen molar-refractivity contribution < 1.29 is 22.8 Å². The minimum Gasteiger partial charge on any atom is -0.323 e. The zero-order chi connectivity index (χ0) is 21.2. The quantitative estimate of drug-likeness (QED) is 0.700. The summed E-state index contributed by atoms with van der Waals surface area (Å²) < 4.78 is 23.8. The van der Waals surface area contributed by atoms with Crippen molar-refractivity contribution in [3.63, 3.8) is 0 Å². The fourth-order valence-corrected chi connectivity index (χ4v) is 4.20. The van der Waals surface area contributed by atoms with E-state index in [1.807, 2.05) is 0 Å². The molecule has 1 fully saturated rings. The summed E-state index contributed by atoms with van der Waals surface area (Å²) in [6.45, 7) is 1.24. The Bertz CT molecular complexity index is 1070. The summed E-state index contributed by atoms with van der Waals surface area (Å²) in [5.74, 6) is -1.20. The number of hydrogen-bond donors (Lipinski definition) is 2. The Hall–Kier alpha value is -3.20. The average Bonchev–Trinajstić information content (AvgIpc) is 2.93. The Kier molecular flexibility index (Phi) is 5.43. The number of sulfone groups is 1. The maximum absolute atomic E-state index is 13.1. The van der Waals surface area contributed by atoms with Crippen LogP contribution >= 0.6 is 0 Å². The van der Waals surface area contributed by atoms with Gasteiger partial charge < -0.3 is 10.6 Å². The van der Waals surface area contributed by atoms with E-state index in [1.54, 1.807) is 49.4 Å². The number of benzene rings is 2. The Balaban J connectivity index is 1.82. The van der Waals surface area contributed by atoms with Gasteiger partial charge >= 0.3 is 6.03 Å². The van der Waals surface area contributed by atoms with Gasteiger partial charge in [-0.3, -0.25) is 14.5 Å². The van der Waals surface area contributed by atoms with Crippen LogP contribution in [0.5, 0.6) is 0 Å². The van der Waals surface area contributed by atoms with E-state index >= 15 is 0 Å². The predicted octanol–water partition coefficient (Wildman–Crippen LogP) is 1.89. The second-order valence-electron chi connectivity index (χ2n) is 6.76. The fourth-order valence-electron chi connectivity index (χ4n) is 3.36. The lowest BCUT2D eigenvalue weighted by Gasteiger charge is -2.25. The van der Waals surface area contributed by atoms with E-state index in [9.17, 15) is 22.8 Å². The third-order valence-corrected chi connectivity index (χ3v) is 5.99. The smallest absolute Gasteiger partial charge is 0.323 e. The first kappa shape index (κ1) is 20.5. The molecule has 1 aliphatic rings. The lowest BCUT2D eigenvalue weighted by atomic mass is 9.87. The van der Waals surface area contributed by atoms with Gasteiger partial charge in [0.1, 0.15) is 12.1 Å². The summed E-state index contributed by atoms with van der Waals surface area (Å²) in [5, 5.41) is 5.18. The van der Waals surface area contributed by atoms with Gasteiger partial charge in [0, 0.05) is 6.26 Å². The number of amides is 4. The number of imide groups is 1. The van der Waals surface area contributed by atoms with Gasteiger partial charge in [-0.05, 0) is 24.1 Å². The zero-order valence-corrected chi connectivity index (χ0v) is 16.8. The predicted molar refractivity (Wildman–Crippen MR) is 107 cm³/mol. The van der Waals surface area contributed by atoms with Crippen molar-refractivity contribution in [3.8, 4) is 0 Å². The standard InChI is InChI=1S/C20H21N3O5S/c1-3-20(14-9-5-4-6-10-14)18(25)23(19(26)22-20)13-17(24)21-15-11-7-8-12-16(15)29(2,27)28/h4-12H,3,13H2,1-2H3,(H,21,24)(H,22,26)/t20-/m1/s1. The van der Waals surface area contributed by atoms with Crippen molar-refractivity contribution in [2.24, 2.45) is 0 Å². The van der Waals surface area contributed by atoms with Crippen molar-refractivity contribution in [2.75, 3.05) is 18.1 Å². The number of carbonyl (C=O) groups is 3. The van der Waals surface area contributed by atoms with E-state index in [-0.39, 0.29) is 10.6 Å². The molecule has 9 heteroatoms. The number of anilines is 1. The van der Waals surface area contributed by atoms with Crippen LogP contribution in [0.1, 0.15) is 18.9 Å². The molecule has 152 valence electrons. The average molecular weight is 415 g/mol. The Labute approximate surface area is 168 Å². The molecule has 0 saturated carbocycles. The summed E-state index contributed by atoms with van der Waals surface area (Å²) >= 11 is 0. The van der Waals surface area contributed by atoms with E-state index in [0.29, 0.717) is 12.0 Å². The largest absolute Gasteiger partial charge is 0.325 e. The third-order valence-electron chi connectivity index (χ3n) is 4.83. The van der Waals surface area contributed by atoms with Gasteiger partial charge in [0.15, 0.2) is 9.84 Å². The van der Waals surface area contributed by atoms with Crippen molar-refractivity contribution in [1.82, 2.24) is 10.2 Å². The summed E-state index contributed by atoms with van der Waals surface area (Å²) in [6.07, 6.45) is 1.35. The molecule has 1 atom stereocenters. The molecule has 0 bridgehead atoms. The van der Waals surface area contributed by atoms with E-state index in [2.05, 4.69) is 10.6 Å². The van der Waals surface area contributed by atoms with Crippen molar-refractivity contribution in [2.45, 2.75) is 23.8 Å². The van der Waals surface area contributed by atoms with Crippen LogP contribution in [0.15, 0.2) is 59.5 Å². The van der Waals surface area contributed by atoms with E-state index in [1.165, 1.54) is 12.1 Å². The molecule has 2 aromatic rings. The molecule has 1 heterocycles. The van der Waals surface area contributed by atoms with Gasteiger partial charge in [-0.1, -0.05) is 49.4 Å². The van der Waals surface area contributed by atoms with Gasteiger partial charge in [-0.25, -0.2) is 13.2 Å². The van der Waals surface area contributed by atoms with Crippen LogP contribution in [-0.4, -0.2) is 44.0 Å². The molecule has 4 amide bonds. The summed E-state index contributed by atoms with van der Waals surface area (Å²) in [5.41, 5.74) is -0.508. The molecule has 1 aliphatic heterocycles.